The highest BCUT2D eigenvalue weighted by molar-refractivity contribution is 9.10. The summed E-state index contributed by atoms with van der Waals surface area (Å²) in [6, 6.07) is 0. The molecule has 0 saturated carbocycles. The normalized spacial score (nSPS) is 17.3. The Labute approximate surface area is 98.1 Å². The third-order valence-electron chi connectivity index (χ3n) is 2.41. The smallest absolute Gasteiger partial charge is 0.357 e. The van der Waals surface area contributed by atoms with E-state index in [1.54, 1.807) is 6.92 Å². The quantitative estimate of drug-likeness (QED) is 0.602. The number of carbonyl (C=O) groups excluding carboxylic acids is 1. The van der Waals surface area contributed by atoms with Gasteiger partial charge in [-0.15, -0.1) is 0 Å². The van der Waals surface area contributed by atoms with Crippen molar-refractivity contribution in [2.45, 2.75) is 44.3 Å². The van der Waals surface area contributed by atoms with Gasteiger partial charge in [0.05, 0.1) is 6.61 Å². The van der Waals surface area contributed by atoms with Gasteiger partial charge in [-0.3, -0.25) is 0 Å². The van der Waals surface area contributed by atoms with Crippen LogP contribution in [0.1, 0.15) is 33.6 Å². The second kappa shape index (κ2) is 6.43. The summed E-state index contributed by atoms with van der Waals surface area (Å²) >= 11 is 2.60. The minimum absolute atomic E-state index is 0.0890. The highest BCUT2D eigenvalue weighted by Gasteiger charge is 2.47. The zero-order chi connectivity index (χ0) is 12.1. The molecule has 0 rings (SSSR count). The van der Waals surface area contributed by atoms with Crippen molar-refractivity contribution in [3.63, 3.8) is 0 Å². The number of halogens is 2. The number of hydrogen-bond donors (Lipinski definition) is 1. The fraction of sp³-hybridized carbons (Fsp3) is 0.900. The summed E-state index contributed by atoms with van der Waals surface area (Å²) < 4.78 is 15.9. The van der Waals surface area contributed by atoms with Crippen molar-refractivity contribution in [3.05, 3.63) is 0 Å². The summed E-state index contributed by atoms with van der Waals surface area (Å²) in [5.74, 6) is -1.33. The second-order valence-electron chi connectivity index (χ2n) is 3.36. The van der Waals surface area contributed by atoms with E-state index in [-0.39, 0.29) is 12.5 Å². The molecule has 15 heavy (non-hydrogen) atoms. The monoisotopic (exact) mass is 284 g/mol. The van der Waals surface area contributed by atoms with Crippen LogP contribution >= 0.6 is 15.9 Å². The Morgan fingerprint density at radius 2 is 1.93 bits per heavy atom. The molecule has 0 aliphatic carbocycles. The van der Waals surface area contributed by atoms with Gasteiger partial charge in [0, 0.05) is 0 Å². The van der Waals surface area contributed by atoms with E-state index in [2.05, 4.69) is 20.7 Å². The van der Waals surface area contributed by atoms with Gasteiger partial charge in [0.15, 0.2) is 0 Å². The molecule has 1 N–H and O–H groups in total. The van der Waals surface area contributed by atoms with Crippen LogP contribution in [0.25, 0.3) is 0 Å². The summed E-state index contributed by atoms with van der Waals surface area (Å²) in [5.41, 5.74) is 0. The molecular weight excluding hydrogens is 267 g/mol. The second-order valence-corrected chi connectivity index (χ2v) is 4.52. The van der Waals surface area contributed by atoms with Crippen molar-refractivity contribution >= 4 is 21.9 Å². The molecule has 0 aromatic carbocycles. The van der Waals surface area contributed by atoms with E-state index in [9.17, 15) is 14.3 Å². The van der Waals surface area contributed by atoms with E-state index >= 15 is 0 Å². The molecule has 0 bridgehead atoms. The third-order valence-corrected chi connectivity index (χ3v) is 3.21. The molecule has 0 amide bonds. The van der Waals surface area contributed by atoms with Gasteiger partial charge in [-0.2, -0.15) is 0 Å². The summed E-state index contributed by atoms with van der Waals surface area (Å²) in [4.78, 5) is 11.2. The van der Waals surface area contributed by atoms with Crippen LogP contribution in [0.4, 0.5) is 4.39 Å². The van der Waals surface area contributed by atoms with E-state index in [0.29, 0.717) is 12.8 Å². The standard InChI is InChI=1S/C10H18BrFO3/c1-4-7(5-2)8(13)10(11,12)9(14)15-6-3/h7-8,13H,4-6H2,1-3H3/t8-,10-/m0/s1. The average molecular weight is 285 g/mol. The van der Waals surface area contributed by atoms with E-state index in [1.165, 1.54) is 0 Å². The van der Waals surface area contributed by atoms with Gasteiger partial charge in [0.2, 0.25) is 0 Å². The minimum Gasteiger partial charge on any atom is -0.463 e. The maximum atomic E-state index is 13.9. The molecule has 0 radical (unpaired) electrons. The number of aliphatic hydroxyl groups is 1. The first-order valence-corrected chi connectivity index (χ1v) is 5.94. The Hall–Kier alpha value is -0.160. The van der Waals surface area contributed by atoms with E-state index in [4.69, 9.17) is 0 Å². The van der Waals surface area contributed by atoms with Crippen LogP contribution in [-0.4, -0.2) is 28.4 Å². The van der Waals surface area contributed by atoms with E-state index < -0.39 is 16.7 Å². The van der Waals surface area contributed by atoms with Crippen LogP contribution in [0.5, 0.6) is 0 Å². The Morgan fingerprint density at radius 1 is 1.47 bits per heavy atom. The Balaban J connectivity index is 4.61. The molecule has 0 aromatic heterocycles. The van der Waals surface area contributed by atoms with Crippen molar-refractivity contribution < 1.29 is 19.0 Å². The van der Waals surface area contributed by atoms with Crippen LogP contribution in [-0.2, 0) is 9.53 Å². The molecule has 3 nitrogen and oxygen atoms in total. The van der Waals surface area contributed by atoms with Gasteiger partial charge < -0.3 is 9.84 Å². The Bertz CT molecular complexity index is 205. The number of alkyl halides is 2. The van der Waals surface area contributed by atoms with Crippen molar-refractivity contribution in [1.29, 1.82) is 0 Å². The van der Waals surface area contributed by atoms with Crippen LogP contribution < -0.4 is 0 Å². The molecule has 0 aliphatic rings. The summed E-state index contributed by atoms with van der Waals surface area (Å²) in [6.07, 6.45) is -0.172. The highest BCUT2D eigenvalue weighted by atomic mass is 79.9. The number of carbonyl (C=O) groups is 1. The third kappa shape index (κ3) is 3.72. The molecule has 0 spiro atoms. The number of aliphatic hydroxyl groups excluding tert-OH is 1. The Morgan fingerprint density at radius 3 is 2.27 bits per heavy atom. The number of rotatable bonds is 6. The molecule has 0 aliphatic heterocycles. The van der Waals surface area contributed by atoms with Crippen molar-refractivity contribution in [2.75, 3.05) is 6.61 Å². The Kier molecular flexibility index (Phi) is 6.36. The van der Waals surface area contributed by atoms with Gasteiger partial charge in [0.25, 0.3) is 4.58 Å². The SMILES string of the molecule is CCOC(=O)[C@](F)(Br)[C@@H](O)C(CC)CC. The zero-order valence-corrected chi connectivity index (χ0v) is 10.9. The summed E-state index contributed by atoms with van der Waals surface area (Å²) in [5, 5.41) is 9.71. The van der Waals surface area contributed by atoms with E-state index in [0.717, 1.165) is 0 Å². The van der Waals surface area contributed by atoms with Crippen LogP contribution in [0.15, 0.2) is 0 Å². The van der Waals surface area contributed by atoms with Crippen LogP contribution in [0.2, 0.25) is 0 Å². The highest BCUT2D eigenvalue weighted by Crippen LogP contribution is 2.33. The molecule has 0 saturated heterocycles. The average Bonchev–Trinajstić information content (AvgIpc) is 2.19. The maximum Gasteiger partial charge on any atom is 0.357 e. The van der Waals surface area contributed by atoms with Gasteiger partial charge in [-0.05, 0) is 28.8 Å². The lowest BCUT2D eigenvalue weighted by molar-refractivity contribution is -0.158. The number of esters is 1. The van der Waals surface area contributed by atoms with Gasteiger partial charge >= 0.3 is 5.97 Å². The minimum atomic E-state index is -2.50. The van der Waals surface area contributed by atoms with Gasteiger partial charge in [0.1, 0.15) is 6.10 Å². The van der Waals surface area contributed by atoms with Crippen molar-refractivity contribution in [2.24, 2.45) is 5.92 Å². The van der Waals surface area contributed by atoms with Gasteiger partial charge in [-0.25, -0.2) is 9.18 Å². The molecule has 5 heteroatoms. The lowest BCUT2D eigenvalue weighted by Crippen LogP contribution is -2.45. The molecule has 2 atom stereocenters. The number of ether oxygens (including phenoxy) is 1. The molecule has 0 heterocycles. The maximum absolute atomic E-state index is 13.9. The predicted octanol–water partition coefficient (Wildman–Crippen LogP) is 2.41. The summed E-state index contributed by atoms with van der Waals surface area (Å²) in [7, 11) is 0. The first-order valence-electron chi connectivity index (χ1n) is 5.14. The topological polar surface area (TPSA) is 46.5 Å². The fourth-order valence-electron chi connectivity index (χ4n) is 1.38. The first kappa shape index (κ1) is 14.8. The molecular formula is C10H18BrFO3. The van der Waals surface area contributed by atoms with Crippen molar-refractivity contribution in [3.8, 4) is 0 Å². The molecule has 0 fully saturated rings. The molecule has 0 aromatic rings. The lowest BCUT2D eigenvalue weighted by atomic mass is 9.93. The lowest BCUT2D eigenvalue weighted by Gasteiger charge is -2.28. The molecule has 0 unspecified atom stereocenters. The van der Waals surface area contributed by atoms with E-state index in [1.807, 2.05) is 13.8 Å². The summed E-state index contributed by atoms with van der Waals surface area (Å²) in [6.45, 7) is 5.35. The fourth-order valence-corrected chi connectivity index (χ4v) is 1.87. The molecule has 90 valence electrons. The first-order chi connectivity index (χ1) is 6.91. The predicted molar refractivity (Wildman–Crippen MR) is 59.5 cm³/mol. The number of hydrogen-bond acceptors (Lipinski definition) is 3. The van der Waals surface area contributed by atoms with Crippen LogP contribution in [0.3, 0.4) is 0 Å². The van der Waals surface area contributed by atoms with Crippen LogP contribution in [0, 0.1) is 5.92 Å². The zero-order valence-electron chi connectivity index (χ0n) is 9.30. The largest absolute Gasteiger partial charge is 0.463 e. The van der Waals surface area contributed by atoms with Gasteiger partial charge in [-0.1, -0.05) is 26.7 Å². The van der Waals surface area contributed by atoms with Crippen molar-refractivity contribution in [1.82, 2.24) is 0 Å².